The molecule has 0 aromatic heterocycles. The molecule has 0 atom stereocenters. The Bertz CT molecular complexity index is 499. The Morgan fingerprint density at radius 1 is 1.43 bits per heavy atom. The number of benzene rings is 1. The molecular formula is C15H23N3O3. The smallest absolute Gasteiger partial charge is 0.333 e. The van der Waals surface area contributed by atoms with Gasteiger partial charge in [0.2, 0.25) is 0 Å². The van der Waals surface area contributed by atoms with Gasteiger partial charge in [0.05, 0.1) is 11.5 Å². The molecule has 0 bridgehead atoms. The van der Waals surface area contributed by atoms with E-state index < -0.39 is 0 Å². The van der Waals surface area contributed by atoms with Crippen molar-refractivity contribution in [2.45, 2.75) is 38.6 Å². The van der Waals surface area contributed by atoms with Gasteiger partial charge in [0, 0.05) is 5.54 Å². The Morgan fingerprint density at radius 2 is 2.14 bits per heavy atom. The van der Waals surface area contributed by atoms with Crippen LogP contribution in [0.25, 0.3) is 0 Å². The Balaban J connectivity index is 2.27. The molecule has 0 radical (unpaired) electrons. The predicted molar refractivity (Wildman–Crippen MR) is 83.0 cm³/mol. The zero-order valence-corrected chi connectivity index (χ0v) is 12.6. The van der Waals surface area contributed by atoms with Crippen molar-refractivity contribution in [1.82, 2.24) is 5.32 Å². The Morgan fingerprint density at radius 3 is 2.76 bits per heavy atom. The van der Waals surface area contributed by atoms with Crippen molar-refractivity contribution in [2.75, 3.05) is 25.0 Å². The summed E-state index contributed by atoms with van der Waals surface area (Å²) in [5.41, 5.74) is 0.447. The van der Waals surface area contributed by atoms with Gasteiger partial charge in [-0.3, -0.25) is 10.1 Å². The molecule has 116 valence electrons. The number of piperidine rings is 1. The molecule has 6 nitrogen and oxygen atoms in total. The number of nitrogens with one attached hydrogen (secondary N) is 2. The quantitative estimate of drug-likeness (QED) is 0.623. The van der Waals surface area contributed by atoms with Crippen LogP contribution in [0.4, 0.5) is 11.4 Å². The Hall–Kier alpha value is -1.82. The normalized spacial score (nSPS) is 17.2. The van der Waals surface area contributed by atoms with Gasteiger partial charge in [-0.1, -0.05) is 13.0 Å². The fraction of sp³-hybridized carbons (Fsp3) is 0.600. The van der Waals surface area contributed by atoms with Crippen LogP contribution in [0.1, 0.15) is 33.1 Å². The average molecular weight is 293 g/mol. The van der Waals surface area contributed by atoms with Crippen molar-refractivity contribution in [3.05, 3.63) is 28.3 Å². The molecule has 0 spiro atoms. The first-order chi connectivity index (χ1) is 10.1. The predicted octanol–water partition coefficient (Wildman–Crippen LogP) is 2.94. The molecule has 1 saturated heterocycles. The lowest BCUT2D eigenvalue weighted by atomic mass is 9.90. The molecule has 0 amide bonds. The number of nitro benzene ring substituents is 1. The van der Waals surface area contributed by atoms with Crippen molar-refractivity contribution in [3.63, 3.8) is 0 Å². The first-order valence-corrected chi connectivity index (χ1v) is 7.45. The fourth-order valence-electron chi connectivity index (χ4n) is 2.57. The summed E-state index contributed by atoms with van der Waals surface area (Å²) in [6.45, 7) is 6.40. The van der Waals surface area contributed by atoms with E-state index in [4.69, 9.17) is 4.74 Å². The summed E-state index contributed by atoms with van der Waals surface area (Å²) in [6, 6.07) is 5.21. The minimum Gasteiger partial charge on any atom is -0.487 e. The van der Waals surface area contributed by atoms with Gasteiger partial charge in [-0.25, -0.2) is 0 Å². The topological polar surface area (TPSA) is 76.4 Å². The van der Waals surface area contributed by atoms with E-state index in [0.717, 1.165) is 32.4 Å². The van der Waals surface area contributed by atoms with Crippen LogP contribution in [-0.4, -0.2) is 30.2 Å². The Labute approximate surface area is 125 Å². The third kappa shape index (κ3) is 3.85. The SMILES string of the molecule is CCCOc1cccc(NC2(C)CCNCC2)c1[N+](=O)[O-]. The summed E-state index contributed by atoms with van der Waals surface area (Å²) < 4.78 is 5.52. The van der Waals surface area contributed by atoms with Crippen LogP contribution >= 0.6 is 0 Å². The summed E-state index contributed by atoms with van der Waals surface area (Å²) in [4.78, 5) is 11.1. The largest absolute Gasteiger partial charge is 0.487 e. The number of ether oxygens (including phenoxy) is 1. The summed E-state index contributed by atoms with van der Waals surface area (Å²) in [7, 11) is 0. The van der Waals surface area contributed by atoms with Crippen LogP contribution in [0.5, 0.6) is 5.75 Å². The molecule has 1 aromatic rings. The van der Waals surface area contributed by atoms with E-state index in [2.05, 4.69) is 17.6 Å². The molecular weight excluding hydrogens is 270 g/mol. The number of nitrogens with zero attached hydrogens (tertiary/aromatic N) is 1. The second-order valence-electron chi connectivity index (χ2n) is 5.69. The number of anilines is 1. The van der Waals surface area contributed by atoms with E-state index in [1.54, 1.807) is 18.2 Å². The lowest BCUT2D eigenvalue weighted by Crippen LogP contribution is -2.45. The molecule has 0 unspecified atom stereocenters. The third-order valence-electron chi connectivity index (χ3n) is 3.79. The molecule has 2 rings (SSSR count). The lowest BCUT2D eigenvalue weighted by Gasteiger charge is -2.35. The van der Waals surface area contributed by atoms with Gasteiger partial charge < -0.3 is 15.4 Å². The van der Waals surface area contributed by atoms with Crippen molar-refractivity contribution in [3.8, 4) is 5.75 Å². The standard InChI is InChI=1S/C15H23N3O3/c1-3-11-21-13-6-4-5-12(14(13)18(19)20)17-15(2)7-9-16-10-8-15/h4-6,16-17H,3,7-11H2,1-2H3. The molecule has 0 aliphatic carbocycles. The maximum Gasteiger partial charge on any atom is 0.333 e. The van der Waals surface area contributed by atoms with Gasteiger partial charge in [0.15, 0.2) is 5.75 Å². The zero-order valence-electron chi connectivity index (χ0n) is 12.6. The molecule has 6 heteroatoms. The van der Waals surface area contributed by atoms with Crippen molar-refractivity contribution in [1.29, 1.82) is 0 Å². The highest BCUT2D eigenvalue weighted by molar-refractivity contribution is 5.69. The first-order valence-electron chi connectivity index (χ1n) is 7.45. The number of para-hydroxylation sites is 1. The van der Waals surface area contributed by atoms with Gasteiger partial charge >= 0.3 is 5.69 Å². The molecule has 1 aliphatic heterocycles. The van der Waals surface area contributed by atoms with Gasteiger partial charge in [-0.05, 0) is 51.4 Å². The van der Waals surface area contributed by atoms with Gasteiger partial charge in [0.1, 0.15) is 5.69 Å². The number of hydrogen-bond donors (Lipinski definition) is 2. The highest BCUT2D eigenvalue weighted by Crippen LogP contribution is 2.37. The van der Waals surface area contributed by atoms with Crippen LogP contribution in [0.3, 0.4) is 0 Å². The first kappa shape index (κ1) is 15.6. The van der Waals surface area contributed by atoms with Crippen LogP contribution in [0.2, 0.25) is 0 Å². The number of rotatable bonds is 6. The van der Waals surface area contributed by atoms with Crippen LogP contribution in [0, 0.1) is 10.1 Å². The zero-order chi connectivity index (χ0) is 15.3. The van der Waals surface area contributed by atoms with Crippen molar-refractivity contribution >= 4 is 11.4 Å². The number of nitro groups is 1. The average Bonchev–Trinajstić information content (AvgIpc) is 2.45. The summed E-state index contributed by atoms with van der Waals surface area (Å²) in [5, 5.41) is 18.1. The minimum absolute atomic E-state index is 0.0331. The van der Waals surface area contributed by atoms with E-state index in [1.807, 2.05) is 6.92 Å². The maximum atomic E-state index is 11.4. The van der Waals surface area contributed by atoms with Crippen LogP contribution in [0.15, 0.2) is 18.2 Å². The molecule has 1 fully saturated rings. The van der Waals surface area contributed by atoms with E-state index in [9.17, 15) is 10.1 Å². The van der Waals surface area contributed by atoms with Gasteiger partial charge in [-0.15, -0.1) is 0 Å². The summed E-state index contributed by atoms with van der Waals surface area (Å²) >= 11 is 0. The van der Waals surface area contributed by atoms with Crippen LogP contribution in [-0.2, 0) is 0 Å². The van der Waals surface area contributed by atoms with Gasteiger partial charge in [-0.2, -0.15) is 0 Å². The minimum atomic E-state index is -0.363. The maximum absolute atomic E-state index is 11.4. The summed E-state index contributed by atoms with van der Waals surface area (Å²) in [5.74, 6) is 0.337. The van der Waals surface area contributed by atoms with E-state index in [1.165, 1.54) is 0 Å². The monoisotopic (exact) mass is 293 g/mol. The second-order valence-corrected chi connectivity index (χ2v) is 5.69. The van der Waals surface area contributed by atoms with Crippen molar-refractivity contribution in [2.24, 2.45) is 0 Å². The molecule has 1 heterocycles. The molecule has 2 N–H and O–H groups in total. The second kappa shape index (κ2) is 6.76. The lowest BCUT2D eigenvalue weighted by molar-refractivity contribution is -0.385. The highest BCUT2D eigenvalue weighted by Gasteiger charge is 2.30. The molecule has 1 aromatic carbocycles. The van der Waals surface area contributed by atoms with Crippen molar-refractivity contribution < 1.29 is 9.66 Å². The Kier molecular flexibility index (Phi) is 5.01. The molecule has 1 aliphatic rings. The van der Waals surface area contributed by atoms with Crippen LogP contribution < -0.4 is 15.4 Å². The number of hydrogen-bond acceptors (Lipinski definition) is 5. The molecule has 0 saturated carbocycles. The highest BCUT2D eigenvalue weighted by atomic mass is 16.6. The van der Waals surface area contributed by atoms with E-state index in [0.29, 0.717) is 18.0 Å². The third-order valence-corrected chi connectivity index (χ3v) is 3.79. The van der Waals surface area contributed by atoms with E-state index in [-0.39, 0.29) is 16.1 Å². The fourth-order valence-corrected chi connectivity index (χ4v) is 2.57. The van der Waals surface area contributed by atoms with Gasteiger partial charge in [0.25, 0.3) is 0 Å². The van der Waals surface area contributed by atoms with E-state index >= 15 is 0 Å². The molecule has 21 heavy (non-hydrogen) atoms. The summed E-state index contributed by atoms with van der Waals surface area (Å²) in [6.07, 6.45) is 2.69.